The van der Waals surface area contributed by atoms with Crippen molar-refractivity contribution in [1.29, 1.82) is 0 Å². The van der Waals surface area contributed by atoms with E-state index in [0.717, 1.165) is 11.4 Å². The summed E-state index contributed by atoms with van der Waals surface area (Å²) >= 11 is 0. The van der Waals surface area contributed by atoms with Crippen molar-refractivity contribution in [3.8, 4) is 0 Å². The Labute approximate surface area is 83.8 Å². The van der Waals surface area contributed by atoms with Crippen LogP contribution in [-0.2, 0) is 0 Å². The molecule has 0 bridgehead atoms. The van der Waals surface area contributed by atoms with Gasteiger partial charge in [0, 0.05) is 18.4 Å². The van der Waals surface area contributed by atoms with E-state index in [1.165, 1.54) is 0 Å². The molecule has 4 heteroatoms. The van der Waals surface area contributed by atoms with E-state index in [1.54, 1.807) is 23.5 Å². The molecule has 0 atom stereocenters. The fourth-order valence-electron chi connectivity index (χ4n) is 0.993. The average Bonchev–Trinajstić information content (AvgIpc) is 2.21. The second kappa shape index (κ2) is 4.53. The predicted octanol–water partition coefficient (Wildman–Crippen LogP) is 1.21. The molecule has 0 fully saturated rings. The monoisotopic (exact) mass is 190 g/mol. The van der Waals surface area contributed by atoms with Crippen LogP contribution in [0.15, 0.2) is 37.4 Å². The zero-order valence-corrected chi connectivity index (χ0v) is 8.27. The summed E-state index contributed by atoms with van der Waals surface area (Å²) in [5.74, 6) is 0.682. The first-order valence-corrected chi connectivity index (χ1v) is 4.27. The topological polar surface area (TPSA) is 55.0 Å². The zero-order chi connectivity index (χ0) is 10.6. The van der Waals surface area contributed by atoms with Gasteiger partial charge in [-0.05, 0) is 6.92 Å². The lowest BCUT2D eigenvalue weighted by Gasteiger charge is -2.19. The Balaban J connectivity index is 2.95. The second-order valence-corrected chi connectivity index (χ2v) is 2.84. The van der Waals surface area contributed by atoms with Gasteiger partial charge in [-0.25, -0.2) is 4.98 Å². The second-order valence-electron chi connectivity index (χ2n) is 2.84. The number of hydrogen-bond donors (Lipinski definition) is 1. The van der Waals surface area contributed by atoms with E-state index in [2.05, 4.69) is 23.1 Å². The maximum atomic E-state index is 5.48. The molecule has 0 saturated heterocycles. The van der Waals surface area contributed by atoms with Gasteiger partial charge < -0.3 is 10.6 Å². The van der Waals surface area contributed by atoms with Crippen molar-refractivity contribution in [2.75, 3.05) is 11.4 Å². The summed E-state index contributed by atoms with van der Waals surface area (Å²) in [6.45, 7) is 9.72. The van der Waals surface area contributed by atoms with Gasteiger partial charge in [0.2, 0.25) is 0 Å². The predicted molar refractivity (Wildman–Crippen MR) is 57.6 cm³/mol. The Bertz CT molecular complexity index is 328. The lowest BCUT2D eigenvalue weighted by Crippen LogP contribution is -2.21. The minimum Gasteiger partial charge on any atom is -0.325 e. The van der Waals surface area contributed by atoms with Gasteiger partial charge in [0.25, 0.3) is 0 Å². The highest BCUT2D eigenvalue weighted by Crippen LogP contribution is 2.13. The van der Waals surface area contributed by atoms with Crippen LogP contribution in [0.3, 0.4) is 0 Å². The van der Waals surface area contributed by atoms with Crippen LogP contribution >= 0.6 is 0 Å². The van der Waals surface area contributed by atoms with Gasteiger partial charge in [0.15, 0.2) is 5.82 Å². The lowest BCUT2D eigenvalue weighted by molar-refractivity contribution is 0.998. The smallest absolute Gasteiger partial charge is 0.155 e. The first-order valence-electron chi connectivity index (χ1n) is 4.27. The third kappa shape index (κ3) is 2.17. The summed E-state index contributed by atoms with van der Waals surface area (Å²) in [5.41, 5.74) is 7.08. The van der Waals surface area contributed by atoms with Crippen molar-refractivity contribution in [3.05, 3.63) is 43.1 Å². The molecule has 0 aliphatic carbocycles. The maximum Gasteiger partial charge on any atom is 0.155 e. The Morgan fingerprint density at radius 2 is 2.29 bits per heavy atom. The molecule has 0 unspecified atom stereocenters. The Morgan fingerprint density at radius 3 is 2.71 bits per heavy atom. The highest BCUT2D eigenvalue weighted by Gasteiger charge is 2.06. The number of nitrogens with zero attached hydrogens (tertiary/aromatic N) is 3. The molecule has 1 rings (SSSR count). The quantitative estimate of drug-likeness (QED) is 0.775. The van der Waals surface area contributed by atoms with E-state index in [-0.39, 0.29) is 0 Å². The number of hydrogen-bond acceptors (Lipinski definition) is 4. The molecule has 14 heavy (non-hydrogen) atoms. The highest BCUT2D eigenvalue weighted by atomic mass is 15.2. The molecule has 1 heterocycles. The third-order valence-corrected chi connectivity index (χ3v) is 1.77. The summed E-state index contributed by atoms with van der Waals surface area (Å²) in [6.07, 6.45) is 4.97. The summed E-state index contributed by atoms with van der Waals surface area (Å²) in [5, 5.41) is 0. The van der Waals surface area contributed by atoms with Gasteiger partial charge in [0.05, 0.1) is 18.1 Å². The molecular weight excluding hydrogens is 176 g/mol. The van der Waals surface area contributed by atoms with Crippen molar-refractivity contribution in [1.82, 2.24) is 9.97 Å². The van der Waals surface area contributed by atoms with Crippen LogP contribution in [0.25, 0.3) is 0 Å². The van der Waals surface area contributed by atoms with Crippen molar-refractivity contribution < 1.29 is 0 Å². The molecule has 0 aliphatic rings. The van der Waals surface area contributed by atoms with Crippen molar-refractivity contribution in [2.24, 2.45) is 5.73 Å². The molecule has 0 aliphatic heterocycles. The standard InChI is InChI=1S/C10H14N4/c1-4-14(9(3)5-11)10-7-12-8(2)6-13-10/h4,6-7H,1,3,5,11H2,2H3. The molecule has 4 nitrogen and oxygen atoms in total. The fraction of sp³-hybridized carbons (Fsp3) is 0.200. The molecule has 0 radical (unpaired) electrons. The lowest BCUT2D eigenvalue weighted by atomic mass is 10.4. The van der Waals surface area contributed by atoms with Crippen molar-refractivity contribution in [3.63, 3.8) is 0 Å². The van der Waals surface area contributed by atoms with Crippen LogP contribution in [0.5, 0.6) is 0 Å². The van der Waals surface area contributed by atoms with E-state index in [9.17, 15) is 0 Å². The van der Waals surface area contributed by atoms with Gasteiger partial charge in [-0.15, -0.1) is 0 Å². The molecule has 1 aromatic rings. The molecule has 0 aromatic carbocycles. The van der Waals surface area contributed by atoms with Crippen LogP contribution < -0.4 is 10.6 Å². The minimum atomic E-state index is 0.363. The summed E-state index contributed by atoms with van der Waals surface area (Å²) in [6, 6.07) is 0. The molecular formula is C10H14N4. The number of rotatable bonds is 4. The van der Waals surface area contributed by atoms with Gasteiger partial charge in [-0.3, -0.25) is 4.98 Å². The Morgan fingerprint density at radius 1 is 1.57 bits per heavy atom. The molecule has 74 valence electrons. The number of aromatic nitrogens is 2. The molecule has 0 amide bonds. The van der Waals surface area contributed by atoms with Crippen LogP contribution in [-0.4, -0.2) is 16.5 Å². The van der Waals surface area contributed by atoms with Gasteiger partial charge >= 0.3 is 0 Å². The normalized spacial score (nSPS) is 9.57. The SMILES string of the molecule is C=CN(C(=C)CN)c1cnc(C)cn1. The first kappa shape index (κ1) is 10.4. The van der Waals surface area contributed by atoms with E-state index in [0.29, 0.717) is 12.4 Å². The van der Waals surface area contributed by atoms with E-state index in [1.807, 2.05) is 6.92 Å². The summed E-state index contributed by atoms with van der Waals surface area (Å²) < 4.78 is 0. The minimum absolute atomic E-state index is 0.363. The van der Waals surface area contributed by atoms with E-state index >= 15 is 0 Å². The molecule has 0 saturated carbocycles. The summed E-state index contributed by atoms with van der Waals surface area (Å²) in [7, 11) is 0. The molecule has 0 spiro atoms. The van der Waals surface area contributed by atoms with Crippen LogP contribution in [0.1, 0.15) is 5.69 Å². The van der Waals surface area contributed by atoms with Gasteiger partial charge in [0.1, 0.15) is 0 Å². The fourth-order valence-corrected chi connectivity index (χ4v) is 0.993. The van der Waals surface area contributed by atoms with Gasteiger partial charge in [-0.1, -0.05) is 13.2 Å². The third-order valence-electron chi connectivity index (χ3n) is 1.77. The number of anilines is 1. The van der Waals surface area contributed by atoms with Crippen molar-refractivity contribution in [2.45, 2.75) is 6.92 Å². The first-order chi connectivity index (χ1) is 6.69. The van der Waals surface area contributed by atoms with E-state index < -0.39 is 0 Å². The number of nitrogens with two attached hydrogens (primary N) is 1. The molecule has 1 aromatic heterocycles. The van der Waals surface area contributed by atoms with Gasteiger partial charge in [-0.2, -0.15) is 0 Å². The highest BCUT2D eigenvalue weighted by molar-refractivity contribution is 5.47. The Hall–Kier alpha value is -1.68. The Kier molecular flexibility index (Phi) is 3.36. The summed E-state index contributed by atoms with van der Waals surface area (Å²) in [4.78, 5) is 10.0. The van der Waals surface area contributed by atoms with Crippen LogP contribution in [0.4, 0.5) is 5.82 Å². The maximum absolute atomic E-state index is 5.48. The van der Waals surface area contributed by atoms with E-state index in [4.69, 9.17) is 5.73 Å². The van der Waals surface area contributed by atoms with Crippen molar-refractivity contribution >= 4 is 5.82 Å². The number of aryl methyl sites for hydroxylation is 1. The zero-order valence-electron chi connectivity index (χ0n) is 8.27. The molecule has 2 N–H and O–H groups in total. The average molecular weight is 190 g/mol. The van der Waals surface area contributed by atoms with Crippen LogP contribution in [0.2, 0.25) is 0 Å². The largest absolute Gasteiger partial charge is 0.325 e. The van der Waals surface area contributed by atoms with Crippen LogP contribution in [0, 0.1) is 6.92 Å².